The molecule has 5 atom stereocenters. The fourth-order valence-corrected chi connectivity index (χ4v) is 6.09. The quantitative estimate of drug-likeness (QED) is 0.0440. The first-order valence-electron chi connectivity index (χ1n) is 17.2. The number of hydrogen-bond donors (Lipinski definition) is 8. The van der Waals surface area contributed by atoms with E-state index in [0.717, 1.165) is 6.08 Å². The summed E-state index contributed by atoms with van der Waals surface area (Å²) in [5.41, 5.74) is 12.2. The maximum atomic E-state index is 13.9. The minimum atomic E-state index is -1.37. The van der Waals surface area contributed by atoms with Gasteiger partial charge >= 0.3 is 0 Å². The number of fused-ring (bicyclic) bond motifs is 1. The zero-order chi connectivity index (χ0) is 38.3. The van der Waals surface area contributed by atoms with Crippen molar-refractivity contribution in [3.63, 3.8) is 0 Å². The minimum absolute atomic E-state index is 0.00634. The standard InChI is InChI=1S/C36H45N9O8/c37-36(38)39-16-4-8-26-31(49)34(52)44-27(19-22-6-2-1-3-7-22)32(50)42-24(18-23-10-13-25(47)14-11-23)12-15-30(48)40-20-28(41-21-46)35(53)45-17-5-9-29(45)33(51)43-26/h1-3,6-7,10-15,21,24,26-29,47H,4-5,8-9,16-20H2,(H,40,48)(H,41,46)(H,42,50)(H,43,51)(H,44,52)(H4,37,38,39)/t24-,26+,27+,28-,29-/m0/s1. The van der Waals surface area contributed by atoms with Gasteiger partial charge in [-0.3, -0.25) is 38.6 Å². The Balaban J connectivity index is 1.71. The number of nitrogens with zero attached hydrogens (tertiary/aromatic N) is 2. The molecule has 282 valence electrons. The van der Waals surface area contributed by atoms with Crippen LogP contribution in [0.5, 0.6) is 5.75 Å². The normalized spacial score (nSPS) is 23.2. The van der Waals surface area contributed by atoms with E-state index in [-0.39, 0.29) is 63.4 Å². The van der Waals surface area contributed by atoms with Crippen molar-refractivity contribution >= 4 is 47.7 Å². The molecule has 17 heteroatoms. The zero-order valence-corrected chi connectivity index (χ0v) is 29.0. The van der Waals surface area contributed by atoms with E-state index in [1.807, 2.05) is 0 Å². The molecule has 2 aromatic rings. The average Bonchev–Trinajstić information content (AvgIpc) is 3.64. The molecule has 0 saturated carbocycles. The number of ketones is 1. The number of aliphatic imine (C=N–C) groups is 1. The number of guanidine groups is 1. The Labute approximate surface area is 306 Å². The third kappa shape index (κ3) is 11.9. The summed E-state index contributed by atoms with van der Waals surface area (Å²) in [6, 6.07) is 9.29. The number of nitrogens with one attached hydrogen (secondary N) is 5. The Kier molecular flexibility index (Phi) is 14.4. The summed E-state index contributed by atoms with van der Waals surface area (Å²) in [6.07, 6.45) is 3.88. The van der Waals surface area contributed by atoms with Crippen LogP contribution in [-0.2, 0) is 46.4 Å². The summed E-state index contributed by atoms with van der Waals surface area (Å²) in [5.74, 6) is -4.95. The van der Waals surface area contributed by atoms with Crippen molar-refractivity contribution in [2.75, 3.05) is 19.6 Å². The molecule has 0 spiro atoms. The molecule has 0 bridgehead atoms. The van der Waals surface area contributed by atoms with Gasteiger partial charge in [0.25, 0.3) is 5.91 Å². The van der Waals surface area contributed by atoms with Gasteiger partial charge in [-0.1, -0.05) is 48.5 Å². The number of benzene rings is 2. The molecule has 1 saturated heterocycles. The van der Waals surface area contributed by atoms with Crippen molar-refractivity contribution in [2.45, 2.75) is 68.7 Å². The van der Waals surface area contributed by atoms with Gasteiger partial charge in [-0.2, -0.15) is 0 Å². The van der Waals surface area contributed by atoms with E-state index in [4.69, 9.17) is 11.5 Å². The summed E-state index contributed by atoms with van der Waals surface area (Å²) in [4.78, 5) is 98.2. The molecule has 10 N–H and O–H groups in total. The Morgan fingerprint density at radius 2 is 1.62 bits per heavy atom. The van der Waals surface area contributed by atoms with Crippen LogP contribution in [-0.4, -0.2) is 108 Å². The summed E-state index contributed by atoms with van der Waals surface area (Å²) < 4.78 is 0. The van der Waals surface area contributed by atoms with Gasteiger partial charge in [0.1, 0.15) is 23.9 Å². The van der Waals surface area contributed by atoms with Crippen LogP contribution in [0.2, 0.25) is 0 Å². The van der Waals surface area contributed by atoms with Gasteiger partial charge in [-0.25, -0.2) is 0 Å². The molecule has 2 aliphatic rings. The number of carbonyl (C=O) groups excluding carboxylic acids is 7. The highest BCUT2D eigenvalue weighted by Gasteiger charge is 2.39. The van der Waals surface area contributed by atoms with Crippen LogP contribution in [0.3, 0.4) is 0 Å². The second kappa shape index (κ2) is 19.4. The average molecular weight is 732 g/mol. The van der Waals surface area contributed by atoms with Crippen molar-refractivity contribution < 1.29 is 38.7 Å². The molecule has 0 aliphatic carbocycles. The molecule has 1 fully saturated rings. The van der Waals surface area contributed by atoms with Crippen LogP contribution in [0.1, 0.15) is 36.8 Å². The Bertz CT molecular complexity index is 1700. The molecule has 4 rings (SSSR count). The number of nitrogens with two attached hydrogens (primary N) is 2. The number of Topliss-reactive ketones (excluding diaryl/α,β-unsaturated/α-hetero) is 1. The maximum Gasteiger partial charge on any atom is 0.290 e. The predicted octanol–water partition coefficient (Wildman–Crippen LogP) is -1.95. The third-order valence-electron chi connectivity index (χ3n) is 8.79. The first kappa shape index (κ1) is 39.5. The van der Waals surface area contributed by atoms with E-state index in [9.17, 15) is 38.7 Å². The SMILES string of the molecule is NC(N)=NCCC[C@H]1NC(=O)[C@@H]2CCCN2C(=O)[C@@H](NC=O)CNC(=O)C=C[C@@H](Cc2ccc(O)cc2)NC(=O)[C@@H](Cc2ccccc2)NC(=O)C1=O. The number of aromatic hydroxyl groups is 1. The smallest absolute Gasteiger partial charge is 0.290 e. The zero-order valence-electron chi connectivity index (χ0n) is 29.0. The van der Waals surface area contributed by atoms with Crippen LogP contribution in [0.4, 0.5) is 0 Å². The molecule has 53 heavy (non-hydrogen) atoms. The van der Waals surface area contributed by atoms with Crippen LogP contribution in [0.15, 0.2) is 71.7 Å². The van der Waals surface area contributed by atoms with Gasteiger partial charge in [0.15, 0.2) is 5.96 Å². The monoisotopic (exact) mass is 731 g/mol. The lowest BCUT2D eigenvalue weighted by atomic mass is 10.0. The second-order valence-electron chi connectivity index (χ2n) is 12.7. The Hall–Kier alpha value is -6.26. The van der Waals surface area contributed by atoms with Gasteiger partial charge in [0, 0.05) is 32.1 Å². The minimum Gasteiger partial charge on any atom is -0.508 e. The van der Waals surface area contributed by atoms with Gasteiger partial charge in [-0.05, 0) is 55.4 Å². The lowest BCUT2D eigenvalue weighted by Gasteiger charge is -2.29. The van der Waals surface area contributed by atoms with E-state index in [0.29, 0.717) is 24.0 Å². The van der Waals surface area contributed by atoms with E-state index in [1.165, 1.54) is 23.1 Å². The van der Waals surface area contributed by atoms with Crippen molar-refractivity contribution in [3.8, 4) is 5.75 Å². The number of phenolic OH excluding ortho intramolecular Hbond substituents is 1. The third-order valence-corrected chi connectivity index (χ3v) is 8.79. The van der Waals surface area contributed by atoms with Crippen molar-refractivity contribution in [1.82, 2.24) is 31.5 Å². The molecule has 0 radical (unpaired) electrons. The van der Waals surface area contributed by atoms with Gasteiger partial charge in [0.05, 0.1) is 12.1 Å². The first-order chi connectivity index (χ1) is 25.4. The molecular weight excluding hydrogens is 686 g/mol. The number of amides is 6. The van der Waals surface area contributed by atoms with Gasteiger partial charge in [0.2, 0.25) is 35.8 Å². The molecule has 6 amide bonds. The number of phenols is 1. The fourth-order valence-electron chi connectivity index (χ4n) is 6.09. The fraction of sp³-hybridized carbons (Fsp3) is 0.389. The summed E-state index contributed by atoms with van der Waals surface area (Å²) in [7, 11) is 0. The van der Waals surface area contributed by atoms with Crippen molar-refractivity contribution in [3.05, 3.63) is 77.9 Å². The van der Waals surface area contributed by atoms with E-state index >= 15 is 0 Å². The van der Waals surface area contributed by atoms with Crippen LogP contribution in [0.25, 0.3) is 0 Å². The van der Waals surface area contributed by atoms with Crippen LogP contribution < -0.4 is 38.1 Å². The lowest BCUT2D eigenvalue weighted by Crippen LogP contribution is -2.58. The molecule has 0 unspecified atom stereocenters. The first-order valence-corrected chi connectivity index (χ1v) is 17.2. The maximum absolute atomic E-state index is 13.9. The number of hydrogen-bond acceptors (Lipinski definition) is 9. The van der Waals surface area contributed by atoms with Crippen molar-refractivity contribution in [2.24, 2.45) is 16.5 Å². The van der Waals surface area contributed by atoms with Gasteiger partial charge in [-0.15, -0.1) is 0 Å². The van der Waals surface area contributed by atoms with E-state index in [2.05, 4.69) is 31.6 Å². The Morgan fingerprint density at radius 3 is 2.32 bits per heavy atom. The summed E-state index contributed by atoms with van der Waals surface area (Å²) in [6.45, 7) is -0.0548. The number of rotatable bonds is 10. The predicted molar refractivity (Wildman–Crippen MR) is 193 cm³/mol. The van der Waals surface area contributed by atoms with Crippen molar-refractivity contribution in [1.29, 1.82) is 0 Å². The molecule has 2 aliphatic heterocycles. The molecular formula is C36H45N9O8. The van der Waals surface area contributed by atoms with Gasteiger partial charge < -0.3 is 48.1 Å². The number of carbonyl (C=O) groups is 7. The second-order valence-corrected chi connectivity index (χ2v) is 12.7. The highest BCUT2D eigenvalue weighted by atomic mass is 16.3. The topological polar surface area (TPSA) is 268 Å². The molecule has 17 nitrogen and oxygen atoms in total. The largest absolute Gasteiger partial charge is 0.508 e. The summed E-state index contributed by atoms with van der Waals surface area (Å²) in [5, 5.41) is 22.7. The van der Waals surface area contributed by atoms with Crippen LogP contribution >= 0.6 is 0 Å². The molecule has 2 aromatic carbocycles. The van der Waals surface area contributed by atoms with E-state index < -0.39 is 65.5 Å². The highest BCUT2D eigenvalue weighted by molar-refractivity contribution is 6.38. The lowest BCUT2D eigenvalue weighted by molar-refractivity contribution is -0.143. The van der Waals surface area contributed by atoms with Crippen LogP contribution in [0, 0.1) is 0 Å². The highest BCUT2D eigenvalue weighted by Crippen LogP contribution is 2.20. The molecule has 0 aromatic heterocycles. The summed E-state index contributed by atoms with van der Waals surface area (Å²) >= 11 is 0. The molecule has 2 heterocycles. The van der Waals surface area contributed by atoms with E-state index in [1.54, 1.807) is 42.5 Å². The Morgan fingerprint density at radius 1 is 0.906 bits per heavy atom.